The van der Waals surface area contributed by atoms with Crippen molar-refractivity contribution >= 4 is 5.97 Å². The first-order chi connectivity index (χ1) is 7.29. The standard InChI is InChI=1S/C13H25NO2/c1-10(2)14-8-6-11(7-9-14)12(15)16-13(3,4)5/h10-11H,6-9H2,1-5H3. The lowest BCUT2D eigenvalue weighted by molar-refractivity contribution is -0.161. The minimum Gasteiger partial charge on any atom is -0.460 e. The maximum absolute atomic E-state index is 11.8. The molecule has 16 heavy (non-hydrogen) atoms. The van der Waals surface area contributed by atoms with Gasteiger partial charge in [0.2, 0.25) is 0 Å². The van der Waals surface area contributed by atoms with E-state index in [2.05, 4.69) is 18.7 Å². The van der Waals surface area contributed by atoms with E-state index in [0.29, 0.717) is 6.04 Å². The molecule has 1 fully saturated rings. The van der Waals surface area contributed by atoms with Crippen molar-refractivity contribution in [2.45, 2.75) is 59.1 Å². The molecule has 0 atom stereocenters. The van der Waals surface area contributed by atoms with Crippen LogP contribution in [-0.2, 0) is 9.53 Å². The maximum Gasteiger partial charge on any atom is 0.309 e. The highest BCUT2D eigenvalue weighted by molar-refractivity contribution is 5.73. The zero-order valence-electron chi connectivity index (χ0n) is 11.2. The van der Waals surface area contributed by atoms with Crippen molar-refractivity contribution in [3.8, 4) is 0 Å². The van der Waals surface area contributed by atoms with Gasteiger partial charge in [0.1, 0.15) is 5.60 Å². The van der Waals surface area contributed by atoms with Crippen LogP contribution in [-0.4, -0.2) is 35.6 Å². The summed E-state index contributed by atoms with van der Waals surface area (Å²) in [6.07, 6.45) is 1.88. The van der Waals surface area contributed by atoms with E-state index in [1.54, 1.807) is 0 Å². The molecule has 0 radical (unpaired) electrons. The molecule has 1 aliphatic heterocycles. The van der Waals surface area contributed by atoms with Gasteiger partial charge in [-0.15, -0.1) is 0 Å². The number of esters is 1. The maximum atomic E-state index is 11.8. The molecule has 94 valence electrons. The first kappa shape index (κ1) is 13.5. The van der Waals surface area contributed by atoms with Gasteiger partial charge in [0, 0.05) is 6.04 Å². The van der Waals surface area contributed by atoms with Crippen molar-refractivity contribution < 1.29 is 9.53 Å². The van der Waals surface area contributed by atoms with Gasteiger partial charge in [0.05, 0.1) is 5.92 Å². The van der Waals surface area contributed by atoms with E-state index in [1.807, 2.05) is 20.8 Å². The zero-order valence-corrected chi connectivity index (χ0v) is 11.2. The Balaban J connectivity index is 2.39. The molecule has 0 amide bonds. The minimum absolute atomic E-state index is 0.0177. The predicted octanol–water partition coefficient (Wildman–Crippen LogP) is 2.45. The number of rotatable bonds is 2. The molecule has 0 aromatic rings. The molecule has 1 saturated heterocycles. The Labute approximate surface area is 99.1 Å². The predicted molar refractivity (Wildman–Crippen MR) is 65.3 cm³/mol. The fourth-order valence-corrected chi connectivity index (χ4v) is 2.04. The molecule has 0 spiro atoms. The number of nitrogens with zero attached hydrogens (tertiary/aromatic N) is 1. The fraction of sp³-hybridized carbons (Fsp3) is 0.923. The smallest absolute Gasteiger partial charge is 0.309 e. The largest absolute Gasteiger partial charge is 0.460 e. The van der Waals surface area contributed by atoms with Crippen molar-refractivity contribution in [3.63, 3.8) is 0 Å². The van der Waals surface area contributed by atoms with Gasteiger partial charge in [0.25, 0.3) is 0 Å². The van der Waals surface area contributed by atoms with E-state index in [0.717, 1.165) is 25.9 Å². The van der Waals surface area contributed by atoms with Gasteiger partial charge in [0.15, 0.2) is 0 Å². The van der Waals surface area contributed by atoms with Gasteiger partial charge in [-0.1, -0.05) is 0 Å². The highest BCUT2D eigenvalue weighted by atomic mass is 16.6. The zero-order chi connectivity index (χ0) is 12.3. The van der Waals surface area contributed by atoms with Crippen molar-refractivity contribution in [1.29, 1.82) is 0 Å². The van der Waals surface area contributed by atoms with Crippen LogP contribution in [0, 0.1) is 5.92 Å². The molecule has 0 saturated carbocycles. The Morgan fingerprint density at radius 3 is 2.12 bits per heavy atom. The second-order valence-corrected chi connectivity index (χ2v) is 5.94. The van der Waals surface area contributed by atoms with Crippen molar-refractivity contribution in [3.05, 3.63) is 0 Å². The SMILES string of the molecule is CC(C)N1CCC(C(=O)OC(C)(C)C)CC1. The van der Waals surface area contributed by atoms with Crippen molar-refractivity contribution in [2.75, 3.05) is 13.1 Å². The molecule has 0 bridgehead atoms. The van der Waals surface area contributed by atoms with Crippen LogP contribution in [0.5, 0.6) is 0 Å². The summed E-state index contributed by atoms with van der Waals surface area (Å²) in [5.74, 6) is 0.0881. The van der Waals surface area contributed by atoms with E-state index in [4.69, 9.17) is 4.74 Å². The lowest BCUT2D eigenvalue weighted by Gasteiger charge is -2.34. The molecule has 3 nitrogen and oxygen atoms in total. The third-order valence-electron chi connectivity index (χ3n) is 3.00. The minimum atomic E-state index is -0.355. The summed E-state index contributed by atoms with van der Waals surface area (Å²) in [4.78, 5) is 14.3. The van der Waals surface area contributed by atoms with Crippen LogP contribution in [0.1, 0.15) is 47.5 Å². The third-order valence-corrected chi connectivity index (χ3v) is 3.00. The van der Waals surface area contributed by atoms with Gasteiger partial charge >= 0.3 is 5.97 Å². The second-order valence-electron chi connectivity index (χ2n) is 5.94. The summed E-state index contributed by atoms with van der Waals surface area (Å²) in [5, 5.41) is 0. The average Bonchev–Trinajstić information content (AvgIpc) is 2.15. The molecule has 1 rings (SSSR count). The number of hydrogen-bond acceptors (Lipinski definition) is 3. The van der Waals surface area contributed by atoms with Crippen LogP contribution in [0.3, 0.4) is 0 Å². The normalized spacial score (nSPS) is 20.1. The van der Waals surface area contributed by atoms with Crippen LogP contribution in [0.4, 0.5) is 0 Å². The Hall–Kier alpha value is -0.570. The molecule has 0 N–H and O–H groups in total. The Morgan fingerprint density at radius 2 is 1.75 bits per heavy atom. The first-order valence-corrected chi connectivity index (χ1v) is 6.26. The molecule has 3 heteroatoms. The van der Waals surface area contributed by atoms with Gasteiger partial charge in [-0.3, -0.25) is 4.79 Å². The van der Waals surface area contributed by atoms with Crippen LogP contribution >= 0.6 is 0 Å². The van der Waals surface area contributed by atoms with Gasteiger partial charge in [-0.05, 0) is 60.5 Å². The fourth-order valence-electron chi connectivity index (χ4n) is 2.04. The summed E-state index contributed by atoms with van der Waals surface area (Å²) in [7, 11) is 0. The lowest BCUT2D eigenvalue weighted by Crippen LogP contribution is -2.41. The molecular weight excluding hydrogens is 202 g/mol. The average molecular weight is 227 g/mol. The summed E-state index contributed by atoms with van der Waals surface area (Å²) in [5.41, 5.74) is -0.355. The summed E-state index contributed by atoms with van der Waals surface area (Å²) < 4.78 is 5.42. The highest BCUT2D eigenvalue weighted by Crippen LogP contribution is 2.22. The molecule has 1 heterocycles. The number of piperidine rings is 1. The third kappa shape index (κ3) is 4.12. The van der Waals surface area contributed by atoms with E-state index < -0.39 is 0 Å². The lowest BCUT2D eigenvalue weighted by atomic mass is 9.96. The Kier molecular flexibility index (Phi) is 4.36. The molecular formula is C13H25NO2. The van der Waals surface area contributed by atoms with Crippen LogP contribution < -0.4 is 0 Å². The van der Waals surface area contributed by atoms with E-state index in [-0.39, 0.29) is 17.5 Å². The quantitative estimate of drug-likeness (QED) is 0.679. The molecule has 0 aromatic heterocycles. The Morgan fingerprint density at radius 1 is 1.25 bits per heavy atom. The van der Waals surface area contributed by atoms with Gasteiger partial charge < -0.3 is 9.64 Å². The number of ether oxygens (including phenoxy) is 1. The van der Waals surface area contributed by atoms with Crippen molar-refractivity contribution in [1.82, 2.24) is 4.90 Å². The number of carbonyl (C=O) groups excluding carboxylic acids is 1. The van der Waals surface area contributed by atoms with Gasteiger partial charge in [-0.25, -0.2) is 0 Å². The van der Waals surface area contributed by atoms with Crippen molar-refractivity contribution in [2.24, 2.45) is 5.92 Å². The monoisotopic (exact) mass is 227 g/mol. The highest BCUT2D eigenvalue weighted by Gasteiger charge is 2.29. The second kappa shape index (κ2) is 5.17. The number of hydrogen-bond donors (Lipinski definition) is 0. The number of likely N-dealkylation sites (tertiary alicyclic amines) is 1. The van der Waals surface area contributed by atoms with E-state index >= 15 is 0 Å². The number of carbonyl (C=O) groups is 1. The summed E-state index contributed by atoms with van der Waals surface area (Å²) in [6.45, 7) is 12.2. The van der Waals surface area contributed by atoms with Crippen LogP contribution in [0.2, 0.25) is 0 Å². The van der Waals surface area contributed by atoms with Gasteiger partial charge in [-0.2, -0.15) is 0 Å². The first-order valence-electron chi connectivity index (χ1n) is 6.26. The van der Waals surface area contributed by atoms with E-state index in [1.165, 1.54) is 0 Å². The molecule has 0 unspecified atom stereocenters. The van der Waals surface area contributed by atoms with E-state index in [9.17, 15) is 4.79 Å². The molecule has 0 aliphatic carbocycles. The summed E-state index contributed by atoms with van der Waals surface area (Å²) in [6, 6.07) is 0.583. The van der Waals surface area contributed by atoms with Crippen LogP contribution in [0.15, 0.2) is 0 Å². The molecule has 1 aliphatic rings. The molecule has 0 aromatic carbocycles. The topological polar surface area (TPSA) is 29.5 Å². The summed E-state index contributed by atoms with van der Waals surface area (Å²) >= 11 is 0. The van der Waals surface area contributed by atoms with Crippen LogP contribution in [0.25, 0.3) is 0 Å². The Bertz CT molecular complexity index is 235.